The first-order valence-electron chi connectivity index (χ1n) is 6.23. The van der Waals surface area contributed by atoms with Gasteiger partial charge in [-0.1, -0.05) is 30.1 Å². The van der Waals surface area contributed by atoms with E-state index in [0.29, 0.717) is 6.42 Å². The lowest BCUT2D eigenvalue weighted by atomic mass is 9.84. The number of fused-ring (bicyclic) bond motifs is 5. The number of imide groups is 1. The van der Waals surface area contributed by atoms with Crippen molar-refractivity contribution in [3.05, 3.63) is 10.1 Å². The van der Waals surface area contributed by atoms with Crippen molar-refractivity contribution in [1.29, 1.82) is 0 Å². The van der Waals surface area contributed by atoms with Crippen molar-refractivity contribution in [2.45, 2.75) is 29.5 Å². The summed E-state index contributed by atoms with van der Waals surface area (Å²) >= 11 is 25.2. The fourth-order valence-corrected chi connectivity index (χ4v) is 5.18. The summed E-state index contributed by atoms with van der Waals surface area (Å²) in [7, 11) is 0. The molecule has 20 heavy (non-hydrogen) atoms. The first-order valence-corrected chi connectivity index (χ1v) is 7.75. The maximum Gasteiger partial charge on any atom is 0.259 e. The largest absolute Gasteiger partial charge is 0.272 e. The van der Waals surface area contributed by atoms with Gasteiger partial charge in [-0.3, -0.25) is 14.4 Å². The van der Waals surface area contributed by atoms with Crippen LogP contribution in [0.25, 0.3) is 0 Å². The van der Waals surface area contributed by atoms with Gasteiger partial charge in [-0.05, 0) is 12.8 Å². The Kier molecular flexibility index (Phi) is 3.35. The number of rotatable bonds is 3. The van der Waals surface area contributed by atoms with Crippen LogP contribution in [0.3, 0.4) is 0 Å². The van der Waals surface area contributed by atoms with Crippen molar-refractivity contribution in [1.82, 2.24) is 5.06 Å². The molecule has 3 rings (SSSR count). The third kappa shape index (κ3) is 1.55. The quantitative estimate of drug-likeness (QED) is 0.575. The van der Waals surface area contributed by atoms with Crippen molar-refractivity contribution >= 4 is 58.2 Å². The molecule has 2 fully saturated rings. The number of hydrogen-bond acceptors (Lipinski definition) is 3. The monoisotopic (exact) mass is 357 g/mol. The van der Waals surface area contributed by atoms with Gasteiger partial charge < -0.3 is 0 Å². The summed E-state index contributed by atoms with van der Waals surface area (Å²) in [6.07, 6.45) is 0.847. The lowest BCUT2D eigenvalue weighted by Gasteiger charge is -2.28. The summed E-state index contributed by atoms with van der Waals surface area (Å²) in [5, 5.41) is 1.09. The molecule has 1 saturated carbocycles. The minimum Gasteiger partial charge on any atom is -0.272 e. The molecule has 8 heteroatoms. The number of hydroxylamine groups is 2. The molecule has 110 valence electrons. The first kappa shape index (κ1) is 14.9. The van der Waals surface area contributed by atoms with Crippen LogP contribution in [0.2, 0.25) is 0 Å². The van der Waals surface area contributed by atoms with Crippen molar-refractivity contribution in [3.8, 4) is 0 Å². The Morgan fingerprint density at radius 1 is 1.15 bits per heavy atom. The van der Waals surface area contributed by atoms with Crippen LogP contribution in [0.4, 0.5) is 0 Å². The van der Waals surface area contributed by atoms with Gasteiger partial charge in [0.1, 0.15) is 0 Å². The molecule has 0 unspecified atom stereocenters. The molecule has 0 N–H and O–H groups in total. The summed E-state index contributed by atoms with van der Waals surface area (Å²) in [6, 6.07) is 0. The molecule has 2 bridgehead atoms. The Hall–Kier alpha value is -0.000000000000000167. The highest BCUT2D eigenvalue weighted by Crippen LogP contribution is 2.69. The highest BCUT2D eigenvalue weighted by atomic mass is 35.5. The Morgan fingerprint density at radius 3 is 2.00 bits per heavy atom. The molecule has 0 aromatic carbocycles. The second-order valence-corrected chi connectivity index (χ2v) is 7.39. The zero-order chi connectivity index (χ0) is 14.9. The van der Waals surface area contributed by atoms with Gasteiger partial charge in [-0.25, -0.2) is 0 Å². The number of hydrogen-bond donors (Lipinski definition) is 0. The van der Waals surface area contributed by atoms with E-state index in [1.165, 1.54) is 0 Å². The predicted molar refractivity (Wildman–Crippen MR) is 75.6 cm³/mol. The zero-order valence-corrected chi connectivity index (χ0v) is 13.5. The fourth-order valence-electron chi connectivity index (χ4n) is 3.26. The Bertz CT molecular complexity index is 509. The maximum atomic E-state index is 12.4. The third-order valence-electron chi connectivity index (χ3n) is 4.11. The van der Waals surface area contributed by atoms with Crippen LogP contribution in [0.1, 0.15) is 19.8 Å². The van der Waals surface area contributed by atoms with Gasteiger partial charge >= 0.3 is 0 Å². The molecule has 0 aromatic rings. The lowest BCUT2D eigenvalue weighted by molar-refractivity contribution is -0.190. The molecule has 2 aliphatic carbocycles. The van der Waals surface area contributed by atoms with E-state index < -0.39 is 33.4 Å². The molecular formula is C12H11Cl4NO3. The molecule has 4 nitrogen and oxygen atoms in total. The summed E-state index contributed by atoms with van der Waals surface area (Å²) in [5.74, 6) is -2.62. The fraction of sp³-hybridized carbons (Fsp3) is 0.667. The van der Waals surface area contributed by atoms with Crippen LogP contribution in [-0.4, -0.2) is 33.2 Å². The summed E-state index contributed by atoms with van der Waals surface area (Å²) in [5.41, 5.74) is 0. The Labute approximate surface area is 135 Å². The zero-order valence-electron chi connectivity index (χ0n) is 10.5. The molecule has 4 atom stereocenters. The van der Waals surface area contributed by atoms with E-state index in [4.69, 9.17) is 51.2 Å². The minimum atomic E-state index is -1.21. The van der Waals surface area contributed by atoms with Gasteiger partial charge in [-0.15, -0.1) is 23.2 Å². The predicted octanol–water partition coefficient (Wildman–Crippen LogP) is 2.99. The van der Waals surface area contributed by atoms with Gasteiger partial charge in [0, 0.05) is 0 Å². The molecule has 0 radical (unpaired) electrons. The molecule has 1 saturated heterocycles. The Morgan fingerprint density at radius 2 is 1.60 bits per heavy atom. The third-order valence-corrected chi connectivity index (χ3v) is 6.57. The molecule has 1 aliphatic heterocycles. The highest BCUT2D eigenvalue weighted by Gasteiger charge is 2.76. The van der Waals surface area contributed by atoms with Crippen LogP contribution >= 0.6 is 46.4 Å². The van der Waals surface area contributed by atoms with Crippen molar-refractivity contribution in [2.24, 2.45) is 11.8 Å². The number of nitrogens with zero attached hydrogens (tertiary/aromatic N) is 1. The number of carbonyl (C=O) groups is 2. The molecule has 2 amide bonds. The Balaban J connectivity index is 2.03. The van der Waals surface area contributed by atoms with E-state index in [-0.39, 0.29) is 23.1 Å². The SMILES string of the molecule is CCCON1C(=O)[C@H]2[C@H](C1=O)[C@@]1(Cl)C[C@@]2(Cl)C(Cl)=C1Cl. The highest BCUT2D eigenvalue weighted by molar-refractivity contribution is 6.52. The van der Waals surface area contributed by atoms with Crippen molar-refractivity contribution in [2.75, 3.05) is 6.61 Å². The second-order valence-electron chi connectivity index (χ2n) is 5.29. The smallest absolute Gasteiger partial charge is 0.259 e. The van der Waals surface area contributed by atoms with Crippen LogP contribution in [0.15, 0.2) is 10.1 Å². The molecule has 3 aliphatic rings. The second kappa shape index (κ2) is 4.50. The number of amides is 2. The lowest BCUT2D eigenvalue weighted by Crippen LogP contribution is -2.38. The number of allylic oxidation sites excluding steroid dienone is 2. The summed E-state index contributed by atoms with van der Waals surface area (Å²) < 4.78 is 0. The van der Waals surface area contributed by atoms with Gasteiger partial charge in [-0.2, -0.15) is 5.06 Å². The van der Waals surface area contributed by atoms with E-state index in [2.05, 4.69) is 0 Å². The van der Waals surface area contributed by atoms with E-state index in [9.17, 15) is 9.59 Å². The van der Waals surface area contributed by atoms with Crippen molar-refractivity contribution < 1.29 is 14.4 Å². The molecular weight excluding hydrogens is 348 g/mol. The number of alkyl halides is 2. The summed E-state index contributed by atoms with van der Waals surface area (Å²) in [4.78, 5) is 27.6. The average molecular weight is 359 g/mol. The normalized spacial score (nSPS) is 43.0. The number of halogens is 4. The topological polar surface area (TPSA) is 46.6 Å². The van der Waals surface area contributed by atoms with E-state index in [1.807, 2.05) is 6.92 Å². The maximum absolute atomic E-state index is 12.4. The van der Waals surface area contributed by atoms with Gasteiger partial charge in [0.15, 0.2) is 0 Å². The standard InChI is InChI=1S/C12H11Cl4NO3/c1-2-3-20-17-9(18)5-6(10(17)19)12(16)4-11(5,15)7(13)8(12)14/h5-6H,2-4H2,1H3/t5-,6-,11+,12+/m1/s1. The molecule has 0 aromatic heterocycles. The summed E-state index contributed by atoms with van der Waals surface area (Å²) in [6.45, 7) is 2.13. The first-order chi connectivity index (χ1) is 9.29. The molecule has 1 heterocycles. The van der Waals surface area contributed by atoms with Crippen LogP contribution < -0.4 is 0 Å². The molecule has 0 spiro atoms. The van der Waals surface area contributed by atoms with E-state index >= 15 is 0 Å². The van der Waals surface area contributed by atoms with Crippen LogP contribution in [0, 0.1) is 11.8 Å². The van der Waals surface area contributed by atoms with Crippen LogP contribution in [-0.2, 0) is 14.4 Å². The van der Waals surface area contributed by atoms with Crippen molar-refractivity contribution in [3.63, 3.8) is 0 Å². The number of carbonyl (C=O) groups excluding carboxylic acids is 2. The minimum absolute atomic E-state index is 0.163. The van der Waals surface area contributed by atoms with Crippen LogP contribution in [0.5, 0.6) is 0 Å². The van der Waals surface area contributed by atoms with Gasteiger partial charge in [0.25, 0.3) is 11.8 Å². The average Bonchev–Trinajstić information content (AvgIpc) is 2.86. The van der Waals surface area contributed by atoms with Gasteiger partial charge in [0.2, 0.25) is 0 Å². The van der Waals surface area contributed by atoms with E-state index in [1.54, 1.807) is 0 Å². The van der Waals surface area contributed by atoms with Gasteiger partial charge in [0.05, 0.1) is 38.3 Å². The van der Waals surface area contributed by atoms with E-state index in [0.717, 1.165) is 5.06 Å².